The Morgan fingerprint density at radius 1 is 1.38 bits per heavy atom. The van der Waals surface area contributed by atoms with Crippen LogP contribution in [0.3, 0.4) is 0 Å². The molecule has 1 aliphatic rings. The molecule has 1 aliphatic heterocycles. The van der Waals surface area contributed by atoms with E-state index in [4.69, 9.17) is 11.6 Å². The Hall–Kier alpha value is -2.10. The smallest absolute Gasteiger partial charge is 0.368 e. The number of nitrogens with two attached hydrogens (primary N) is 2. The molecule has 0 saturated carbocycles. The Labute approximate surface area is 118 Å². The zero-order valence-corrected chi connectivity index (χ0v) is 11.0. The lowest BCUT2D eigenvalue weighted by atomic mass is 10.0. The van der Waals surface area contributed by atoms with Crippen LogP contribution in [0.25, 0.3) is 0 Å². The first-order valence-corrected chi connectivity index (χ1v) is 6.32. The van der Waals surface area contributed by atoms with Gasteiger partial charge in [-0.05, 0) is 19.3 Å². The van der Waals surface area contributed by atoms with E-state index in [1.807, 2.05) is 5.43 Å². The Morgan fingerprint density at radius 3 is 2.67 bits per heavy atom. The maximum absolute atomic E-state index is 12.8. The van der Waals surface area contributed by atoms with Crippen LogP contribution in [-0.2, 0) is 11.0 Å². The van der Waals surface area contributed by atoms with Crippen LogP contribution >= 0.6 is 0 Å². The molecule has 0 radical (unpaired) electrons. The van der Waals surface area contributed by atoms with Crippen LogP contribution in [0.5, 0.6) is 0 Å². The molecule has 1 atom stereocenters. The van der Waals surface area contributed by atoms with Crippen molar-refractivity contribution < 1.29 is 18.0 Å². The molecule has 0 aromatic carbocycles. The first-order valence-electron chi connectivity index (χ1n) is 6.32. The monoisotopic (exact) mass is 304 g/mol. The van der Waals surface area contributed by atoms with Crippen molar-refractivity contribution in [1.82, 2.24) is 9.97 Å². The number of piperidine rings is 1. The van der Waals surface area contributed by atoms with Crippen LogP contribution in [0.1, 0.15) is 25.0 Å². The number of halogens is 3. The van der Waals surface area contributed by atoms with Gasteiger partial charge in [0.15, 0.2) is 5.69 Å². The lowest BCUT2D eigenvalue weighted by Gasteiger charge is -2.34. The van der Waals surface area contributed by atoms with Gasteiger partial charge < -0.3 is 10.6 Å². The molecule has 2 heterocycles. The number of nitrogens with one attached hydrogen (secondary N) is 1. The molecule has 1 aromatic heterocycles. The number of carbonyl (C=O) groups excluding carboxylic acids is 1. The van der Waals surface area contributed by atoms with Gasteiger partial charge >= 0.3 is 6.18 Å². The lowest BCUT2D eigenvalue weighted by Crippen LogP contribution is -2.48. The number of hydrogen-bond donors (Lipinski definition) is 3. The van der Waals surface area contributed by atoms with Crippen molar-refractivity contribution in [2.24, 2.45) is 11.6 Å². The highest BCUT2D eigenvalue weighted by Gasteiger charge is 2.36. The van der Waals surface area contributed by atoms with Gasteiger partial charge in [0.05, 0.1) is 0 Å². The molecule has 1 amide bonds. The summed E-state index contributed by atoms with van der Waals surface area (Å²) in [6.07, 6.45) is -2.64. The molecule has 7 nitrogen and oxygen atoms in total. The van der Waals surface area contributed by atoms with E-state index in [0.29, 0.717) is 13.0 Å². The van der Waals surface area contributed by atoms with Gasteiger partial charge in [0, 0.05) is 12.6 Å². The third kappa shape index (κ3) is 3.32. The minimum absolute atomic E-state index is 0.0197. The van der Waals surface area contributed by atoms with Gasteiger partial charge in [-0.2, -0.15) is 18.2 Å². The summed E-state index contributed by atoms with van der Waals surface area (Å²) < 4.78 is 38.5. The fourth-order valence-electron chi connectivity index (χ4n) is 2.29. The van der Waals surface area contributed by atoms with Crippen LogP contribution in [0.4, 0.5) is 24.9 Å². The van der Waals surface area contributed by atoms with Gasteiger partial charge in [-0.15, -0.1) is 0 Å². The van der Waals surface area contributed by atoms with Crippen molar-refractivity contribution in [2.75, 3.05) is 16.9 Å². The standard InChI is InChI=1S/C11H15F3N6O/c12-11(13,14)7-5-8(18-10(17-7)19-16)20-4-2-1-3-6(20)9(15)21/h5-6H,1-4,16H2,(H2,15,21)(H,17,18,19). The molecule has 1 unspecified atom stereocenters. The lowest BCUT2D eigenvalue weighted by molar-refractivity contribution is -0.141. The summed E-state index contributed by atoms with van der Waals surface area (Å²) in [6.45, 7) is 0.395. The van der Waals surface area contributed by atoms with E-state index in [1.165, 1.54) is 4.90 Å². The van der Waals surface area contributed by atoms with Gasteiger partial charge in [-0.3, -0.25) is 10.2 Å². The van der Waals surface area contributed by atoms with Crippen molar-refractivity contribution >= 4 is 17.7 Å². The van der Waals surface area contributed by atoms with E-state index in [0.717, 1.165) is 18.9 Å². The van der Waals surface area contributed by atoms with Crippen LogP contribution in [0.2, 0.25) is 0 Å². The Kier molecular flexibility index (Phi) is 4.16. The number of carbonyl (C=O) groups is 1. The Morgan fingerprint density at radius 2 is 2.10 bits per heavy atom. The molecule has 21 heavy (non-hydrogen) atoms. The molecule has 1 aromatic rings. The van der Waals surface area contributed by atoms with E-state index in [9.17, 15) is 18.0 Å². The number of primary amides is 1. The van der Waals surface area contributed by atoms with Crippen molar-refractivity contribution in [1.29, 1.82) is 0 Å². The third-order valence-corrected chi connectivity index (χ3v) is 3.26. The van der Waals surface area contributed by atoms with Crippen molar-refractivity contribution in [3.05, 3.63) is 11.8 Å². The number of aromatic nitrogens is 2. The van der Waals surface area contributed by atoms with Gasteiger partial charge in [-0.1, -0.05) is 0 Å². The maximum Gasteiger partial charge on any atom is 0.433 e. The molecule has 1 fully saturated rings. The van der Waals surface area contributed by atoms with Crippen LogP contribution in [0.15, 0.2) is 6.07 Å². The number of rotatable bonds is 3. The molecule has 5 N–H and O–H groups in total. The first kappa shape index (κ1) is 15.3. The van der Waals surface area contributed by atoms with Gasteiger partial charge in [-0.25, -0.2) is 10.8 Å². The van der Waals surface area contributed by atoms with Crippen molar-refractivity contribution in [3.63, 3.8) is 0 Å². The summed E-state index contributed by atoms with van der Waals surface area (Å²) in [5.41, 5.74) is 6.17. The molecule has 10 heteroatoms. The van der Waals surface area contributed by atoms with Crippen LogP contribution in [-0.4, -0.2) is 28.5 Å². The fourth-order valence-corrected chi connectivity index (χ4v) is 2.29. The zero-order valence-electron chi connectivity index (χ0n) is 11.0. The highest BCUT2D eigenvalue weighted by molar-refractivity contribution is 5.83. The van der Waals surface area contributed by atoms with E-state index in [1.54, 1.807) is 0 Å². The number of hydrazine groups is 1. The highest BCUT2D eigenvalue weighted by atomic mass is 19.4. The summed E-state index contributed by atoms with van der Waals surface area (Å²) in [6, 6.07) is 0.114. The van der Waals surface area contributed by atoms with Crippen LogP contribution < -0.4 is 21.9 Å². The molecule has 0 aliphatic carbocycles. The average Bonchev–Trinajstić information content (AvgIpc) is 2.45. The number of hydrogen-bond acceptors (Lipinski definition) is 6. The minimum atomic E-state index is -4.64. The van der Waals surface area contributed by atoms with Gasteiger partial charge in [0.1, 0.15) is 11.9 Å². The molecule has 0 spiro atoms. The Bertz CT molecular complexity index is 535. The SMILES string of the molecule is NNc1nc(N2CCCCC2C(N)=O)cc(C(F)(F)F)n1. The third-order valence-electron chi connectivity index (χ3n) is 3.26. The van der Waals surface area contributed by atoms with Crippen molar-refractivity contribution in [3.8, 4) is 0 Å². The molecule has 0 bridgehead atoms. The first-order chi connectivity index (χ1) is 9.82. The molecule has 1 saturated heterocycles. The molecule has 116 valence electrons. The second-order valence-corrected chi connectivity index (χ2v) is 4.68. The van der Waals surface area contributed by atoms with Crippen LogP contribution in [0, 0.1) is 0 Å². The molecular weight excluding hydrogens is 289 g/mol. The predicted octanol–water partition coefficient (Wildman–Crippen LogP) is 0.625. The number of anilines is 2. The topological polar surface area (TPSA) is 110 Å². The van der Waals surface area contributed by atoms with Gasteiger partial charge in [0.2, 0.25) is 11.9 Å². The minimum Gasteiger partial charge on any atom is -0.368 e. The molecule has 2 rings (SSSR count). The van der Waals surface area contributed by atoms with E-state index in [-0.39, 0.29) is 11.8 Å². The van der Waals surface area contributed by atoms with E-state index in [2.05, 4.69) is 9.97 Å². The predicted molar refractivity (Wildman–Crippen MR) is 69.0 cm³/mol. The largest absolute Gasteiger partial charge is 0.433 e. The summed E-state index contributed by atoms with van der Waals surface area (Å²) in [5.74, 6) is 4.12. The number of alkyl halides is 3. The zero-order chi connectivity index (χ0) is 15.6. The fraction of sp³-hybridized carbons (Fsp3) is 0.545. The highest BCUT2D eigenvalue weighted by Crippen LogP contribution is 2.32. The normalized spacial score (nSPS) is 19.4. The van der Waals surface area contributed by atoms with Crippen molar-refractivity contribution in [2.45, 2.75) is 31.5 Å². The molecular formula is C11H15F3N6O. The summed E-state index contributed by atoms with van der Waals surface area (Å²) >= 11 is 0. The summed E-state index contributed by atoms with van der Waals surface area (Å²) in [7, 11) is 0. The summed E-state index contributed by atoms with van der Waals surface area (Å²) in [5, 5.41) is 0. The average molecular weight is 304 g/mol. The van der Waals surface area contributed by atoms with E-state index < -0.39 is 23.8 Å². The maximum atomic E-state index is 12.8. The summed E-state index contributed by atoms with van der Waals surface area (Å²) in [4.78, 5) is 20.1. The van der Waals surface area contributed by atoms with E-state index >= 15 is 0 Å². The number of nitrogens with zero attached hydrogens (tertiary/aromatic N) is 3. The second-order valence-electron chi connectivity index (χ2n) is 4.68. The Balaban J connectivity index is 2.43. The second kappa shape index (κ2) is 5.72. The number of amides is 1. The van der Waals surface area contributed by atoms with Gasteiger partial charge in [0.25, 0.3) is 0 Å². The number of nitrogen functional groups attached to an aromatic ring is 1. The quantitative estimate of drug-likeness (QED) is 0.558.